The van der Waals surface area contributed by atoms with E-state index in [1.165, 1.54) is 23.4 Å². The molecule has 0 fully saturated rings. The lowest BCUT2D eigenvalue weighted by Gasteiger charge is -2.13. The lowest BCUT2D eigenvalue weighted by atomic mass is 9.95. The van der Waals surface area contributed by atoms with Crippen molar-refractivity contribution < 1.29 is 9.15 Å². The van der Waals surface area contributed by atoms with E-state index in [1.807, 2.05) is 13.0 Å². The molecule has 0 aliphatic heterocycles. The number of methoxy groups -OCH3 is 1. The summed E-state index contributed by atoms with van der Waals surface area (Å²) in [5.41, 5.74) is 9.48. The molecule has 1 aromatic heterocycles. The summed E-state index contributed by atoms with van der Waals surface area (Å²) in [6.07, 6.45) is 0. The van der Waals surface area contributed by atoms with Crippen LogP contribution in [0.15, 0.2) is 32.4 Å². The average Bonchev–Trinajstić information content (AvgIpc) is 2.51. The first kappa shape index (κ1) is 18.5. The second kappa shape index (κ2) is 8.35. The Labute approximate surface area is 146 Å². The Hall–Kier alpha value is -1.79. The SMILES string of the molecule is COCCN=C(N)SCc1cc(=O)oc2cc(C)c(C(C)C)cc12. The summed E-state index contributed by atoms with van der Waals surface area (Å²) < 4.78 is 10.3. The largest absolute Gasteiger partial charge is 0.423 e. The molecule has 2 N–H and O–H groups in total. The van der Waals surface area contributed by atoms with Crippen LogP contribution in [-0.2, 0) is 10.5 Å². The van der Waals surface area contributed by atoms with Gasteiger partial charge < -0.3 is 14.9 Å². The molecule has 2 aromatic rings. The van der Waals surface area contributed by atoms with Gasteiger partial charge in [0.2, 0.25) is 0 Å². The fourth-order valence-electron chi connectivity index (χ4n) is 2.58. The van der Waals surface area contributed by atoms with E-state index in [2.05, 4.69) is 24.9 Å². The van der Waals surface area contributed by atoms with Crippen molar-refractivity contribution in [3.05, 3.63) is 45.3 Å². The summed E-state index contributed by atoms with van der Waals surface area (Å²) in [7, 11) is 1.63. The topological polar surface area (TPSA) is 77.8 Å². The highest BCUT2D eigenvalue weighted by Gasteiger charge is 2.11. The number of ether oxygens (including phenoxy) is 1. The summed E-state index contributed by atoms with van der Waals surface area (Å²) in [4.78, 5) is 16.1. The molecule has 0 aliphatic rings. The predicted octanol–water partition coefficient (Wildman–Crippen LogP) is 3.42. The number of nitrogens with two attached hydrogens (primary N) is 1. The minimum atomic E-state index is -0.343. The smallest absolute Gasteiger partial charge is 0.336 e. The first-order valence-corrected chi connectivity index (χ1v) is 8.90. The van der Waals surface area contributed by atoms with Gasteiger partial charge in [0.05, 0.1) is 13.2 Å². The molecule has 0 aliphatic carbocycles. The molecule has 0 spiro atoms. The highest BCUT2D eigenvalue weighted by atomic mass is 32.2. The van der Waals surface area contributed by atoms with Gasteiger partial charge in [-0.15, -0.1) is 0 Å². The van der Waals surface area contributed by atoms with Crippen LogP contribution >= 0.6 is 11.8 Å². The van der Waals surface area contributed by atoms with Crippen LogP contribution < -0.4 is 11.4 Å². The van der Waals surface area contributed by atoms with Crippen molar-refractivity contribution in [2.24, 2.45) is 10.7 Å². The quantitative estimate of drug-likeness (QED) is 0.374. The first-order valence-electron chi connectivity index (χ1n) is 7.91. The highest BCUT2D eigenvalue weighted by Crippen LogP contribution is 2.28. The third-order valence-electron chi connectivity index (χ3n) is 3.78. The summed E-state index contributed by atoms with van der Waals surface area (Å²) >= 11 is 1.41. The van der Waals surface area contributed by atoms with Crippen LogP contribution in [0.3, 0.4) is 0 Å². The first-order chi connectivity index (χ1) is 11.4. The zero-order valence-corrected chi connectivity index (χ0v) is 15.4. The van der Waals surface area contributed by atoms with E-state index in [4.69, 9.17) is 14.9 Å². The van der Waals surface area contributed by atoms with Crippen molar-refractivity contribution in [1.29, 1.82) is 0 Å². The van der Waals surface area contributed by atoms with E-state index in [-0.39, 0.29) is 5.63 Å². The molecule has 1 aromatic carbocycles. The molecule has 24 heavy (non-hydrogen) atoms. The van der Waals surface area contributed by atoms with E-state index >= 15 is 0 Å². The van der Waals surface area contributed by atoms with Gasteiger partial charge in [-0.05, 0) is 41.7 Å². The van der Waals surface area contributed by atoms with Crippen LogP contribution in [0.2, 0.25) is 0 Å². The van der Waals surface area contributed by atoms with E-state index in [0.29, 0.717) is 35.6 Å². The normalized spacial score (nSPS) is 12.3. The number of aliphatic imine (C=N–C) groups is 1. The average molecular weight is 348 g/mol. The van der Waals surface area contributed by atoms with E-state index < -0.39 is 0 Å². The Morgan fingerprint density at radius 1 is 1.38 bits per heavy atom. The van der Waals surface area contributed by atoms with Crippen molar-refractivity contribution >= 4 is 27.9 Å². The lowest BCUT2D eigenvalue weighted by molar-refractivity contribution is 0.208. The van der Waals surface area contributed by atoms with Gasteiger partial charge in [0.1, 0.15) is 5.58 Å². The molecule has 0 bridgehead atoms. The van der Waals surface area contributed by atoms with Gasteiger partial charge in [-0.1, -0.05) is 25.6 Å². The lowest BCUT2D eigenvalue weighted by Crippen LogP contribution is -2.10. The number of fused-ring (bicyclic) bond motifs is 1. The van der Waals surface area contributed by atoms with Gasteiger partial charge in [0, 0.05) is 24.3 Å². The van der Waals surface area contributed by atoms with Crippen molar-refractivity contribution in [3.63, 3.8) is 0 Å². The Bertz CT molecular complexity index is 797. The Morgan fingerprint density at radius 2 is 2.12 bits per heavy atom. The second-order valence-electron chi connectivity index (χ2n) is 5.95. The molecule has 5 nitrogen and oxygen atoms in total. The second-order valence-corrected chi connectivity index (χ2v) is 6.95. The number of amidine groups is 1. The number of thioether (sulfide) groups is 1. The van der Waals surface area contributed by atoms with Crippen LogP contribution in [0.4, 0.5) is 0 Å². The number of hydrogen-bond donors (Lipinski definition) is 1. The van der Waals surface area contributed by atoms with Crippen molar-refractivity contribution in [2.45, 2.75) is 32.4 Å². The fraction of sp³-hybridized carbons (Fsp3) is 0.444. The number of nitrogens with zero attached hydrogens (tertiary/aromatic N) is 1. The molecule has 6 heteroatoms. The zero-order chi connectivity index (χ0) is 17.7. The molecular weight excluding hydrogens is 324 g/mol. The maximum atomic E-state index is 11.8. The standard InChI is InChI=1S/C18H24N2O3S/c1-11(2)14-9-15-13(10-24-18(19)20-5-6-22-4)8-17(21)23-16(15)7-12(14)3/h7-9,11H,5-6,10H2,1-4H3,(H2,19,20). The summed E-state index contributed by atoms with van der Waals surface area (Å²) in [6, 6.07) is 5.60. The van der Waals surface area contributed by atoms with Gasteiger partial charge in [0.25, 0.3) is 0 Å². The van der Waals surface area contributed by atoms with Gasteiger partial charge in [-0.3, -0.25) is 4.99 Å². The molecule has 0 amide bonds. The third kappa shape index (κ3) is 4.61. The maximum absolute atomic E-state index is 11.8. The fourth-order valence-corrected chi connectivity index (χ4v) is 3.30. The van der Waals surface area contributed by atoms with Crippen molar-refractivity contribution in [2.75, 3.05) is 20.3 Å². The number of hydrogen-bond acceptors (Lipinski definition) is 5. The van der Waals surface area contributed by atoms with Crippen molar-refractivity contribution in [1.82, 2.24) is 0 Å². The van der Waals surface area contributed by atoms with Crippen LogP contribution in [-0.4, -0.2) is 25.4 Å². The van der Waals surface area contributed by atoms with Crippen molar-refractivity contribution in [3.8, 4) is 0 Å². The molecule has 1 heterocycles. The van der Waals surface area contributed by atoms with E-state index in [9.17, 15) is 4.79 Å². The monoisotopic (exact) mass is 348 g/mol. The Kier molecular flexibility index (Phi) is 6.45. The summed E-state index contributed by atoms with van der Waals surface area (Å²) in [5, 5.41) is 1.45. The van der Waals surface area contributed by atoms with Gasteiger partial charge >= 0.3 is 5.63 Å². The van der Waals surface area contributed by atoms with E-state index in [0.717, 1.165) is 16.5 Å². The predicted molar refractivity (Wildman–Crippen MR) is 101 cm³/mol. The van der Waals surface area contributed by atoms with E-state index in [1.54, 1.807) is 7.11 Å². The highest BCUT2D eigenvalue weighted by molar-refractivity contribution is 8.13. The van der Waals surface area contributed by atoms with Crippen LogP contribution in [0.25, 0.3) is 11.0 Å². The Morgan fingerprint density at radius 3 is 2.79 bits per heavy atom. The minimum Gasteiger partial charge on any atom is -0.423 e. The van der Waals surface area contributed by atoms with Crippen LogP contribution in [0.5, 0.6) is 0 Å². The van der Waals surface area contributed by atoms with Gasteiger partial charge in [0.15, 0.2) is 5.17 Å². The molecule has 2 rings (SSSR count). The van der Waals surface area contributed by atoms with Crippen LogP contribution in [0.1, 0.15) is 36.5 Å². The number of aryl methyl sites for hydroxylation is 1. The number of benzene rings is 1. The third-order valence-corrected chi connectivity index (χ3v) is 4.66. The Balaban J connectivity index is 2.33. The molecule has 0 unspecified atom stereocenters. The molecule has 0 saturated heterocycles. The molecule has 130 valence electrons. The molecule has 0 saturated carbocycles. The maximum Gasteiger partial charge on any atom is 0.336 e. The molecule has 0 radical (unpaired) electrons. The molecular formula is C18H24N2O3S. The van der Waals surface area contributed by atoms with Crippen LogP contribution in [0, 0.1) is 6.92 Å². The van der Waals surface area contributed by atoms with Gasteiger partial charge in [-0.2, -0.15) is 0 Å². The minimum absolute atomic E-state index is 0.343. The number of rotatable bonds is 6. The summed E-state index contributed by atoms with van der Waals surface area (Å²) in [6.45, 7) is 7.42. The zero-order valence-electron chi connectivity index (χ0n) is 14.6. The molecule has 0 atom stereocenters. The summed E-state index contributed by atoms with van der Waals surface area (Å²) in [5.74, 6) is 0.980. The van der Waals surface area contributed by atoms with Gasteiger partial charge in [-0.25, -0.2) is 4.79 Å².